The first-order valence-electron chi connectivity index (χ1n) is 11.5. The summed E-state index contributed by atoms with van der Waals surface area (Å²) in [6.07, 6.45) is 11.7. The summed E-state index contributed by atoms with van der Waals surface area (Å²) in [5, 5.41) is 7.94. The molecule has 1 N–H and O–H groups in total. The predicted molar refractivity (Wildman–Crippen MR) is 136 cm³/mol. The van der Waals surface area contributed by atoms with Crippen LogP contribution in [-0.4, -0.2) is 60.9 Å². The fourth-order valence-electron chi connectivity index (χ4n) is 3.47. The van der Waals surface area contributed by atoms with Gasteiger partial charge in [-0.25, -0.2) is 4.98 Å². The largest absolute Gasteiger partial charge is 0.416 e. The Morgan fingerprint density at radius 1 is 1.20 bits per heavy atom. The Balaban J connectivity index is 0.00000298. The zero-order valence-corrected chi connectivity index (χ0v) is 21.4. The van der Waals surface area contributed by atoms with Crippen molar-refractivity contribution in [2.45, 2.75) is 45.8 Å². The van der Waals surface area contributed by atoms with Crippen LogP contribution in [0.4, 0.5) is 13.2 Å². The maximum absolute atomic E-state index is 12.9. The van der Waals surface area contributed by atoms with Crippen LogP contribution in [0.3, 0.4) is 0 Å². The Hall–Kier alpha value is -2.33. The van der Waals surface area contributed by atoms with Crippen LogP contribution < -0.4 is 0 Å². The molecule has 1 fully saturated rings. The molecule has 0 radical (unpaired) electrons. The SMILES string of the molecule is CO.C\C=C/C(=C\C=C\c1cnc(CN2CCC(=C/CC)/C(=C\COCC=O)CC2)s1)C(F)(F)F. The van der Waals surface area contributed by atoms with Gasteiger partial charge in [-0.1, -0.05) is 37.3 Å². The molecule has 1 saturated heterocycles. The maximum Gasteiger partial charge on any atom is 0.416 e. The second-order valence-corrected chi connectivity index (χ2v) is 8.63. The first-order valence-corrected chi connectivity index (χ1v) is 12.3. The van der Waals surface area contributed by atoms with Crippen LogP contribution in [-0.2, 0) is 16.1 Å². The minimum atomic E-state index is -4.37. The van der Waals surface area contributed by atoms with Crippen molar-refractivity contribution in [1.82, 2.24) is 9.88 Å². The molecule has 0 spiro atoms. The van der Waals surface area contributed by atoms with Crippen molar-refractivity contribution in [3.8, 4) is 0 Å². The molecule has 2 rings (SSSR count). The number of aliphatic hydroxyl groups is 1. The summed E-state index contributed by atoms with van der Waals surface area (Å²) in [5.41, 5.74) is 1.90. The third-order valence-corrected chi connectivity index (χ3v) is 5.98. The van der Waals surface area contributed by atoms with E-state index in [1.807, 2.05) is 0 Å². The van der Waals surface area contributed by atoms with Gasteiger partial charge in [0.25, 0.3) is 0 Å². The smallest absolute Gasteiger partial charge is 0.400 e. The van der Waals surface area contributed by atoms with Gasteiger partial charge in [0.05, 0.1) is 18.7 Å². The second kappa shape index (κ2) is 17.2. The molecular weight excluding hydrogens is 477 g/mol. The van der Waals surface area contributed by atoms with E-state index in [-0.39, 0.29) is 6.61 Å². The molecule has 194 valence electrons. The van der Waals surface area contributed by atoms with E-state index in [1.54, 1.807) is 19.2 Å². The number of nitrogens with zero attached hydrogens (tertiary/aromatic N) is 2. The van der Waals surface area contributed by atoms with Gasteiger partial charge in [0.2, 0.25) is 0 Å². The molecule has 1 aromatic heterocycles. The number of halogens is 3. The molecule has 0 unspecified atom stereocenters. The highest BCUT2D eigenvalue weighted by Gasteiger charge is 2.30. The van der Waals surface area contributed by atoms with E-state index in [1.165, 1.54) is 34.6 Å². The lowest BCUT2D eigenvalue weighted by atomic mass is 10.00. The monoisotopic (exact) mass is 512 g/mol. The van der Waals surface area contributed by atoms with E-state index in [0.29, 0.717) is 13.2 Å². The van der Waals surface area contributed by atoms with Crippen molar-refractivity contribution >= 4 is 23.7 Å². The van der Waals surface area contributed by atoms with E-state index < -0.39 is 11.7 Å². The lowest BCUT2D eigenvalue weighted by Crippen LogP contribution is -2.23. The van der Waals surface area contributed by atoms with E-state index in [0.717, 1.165) is 67.8 Å². The molecule has 0 saturated carbocycles. The molecule has 35 heavy (non-hydrogen) atoms. The van der Waals surface area contributed by atoms with Gasteiger partial charge in [-0.2, -0.15) is 13.2 Å². The van der Waals surface area contributed by atoms with Gasteiger partial charge in [-0.3, -0.25) is 4.90 Å². The number of aldehydes is 1. The lowest BCUT2D eigenvalue weighted by Gasteiger charge is -2.17. The van der Waals surface area contributed by atoms with Crippen LogP contribution >= 0.6 is 11.3 Å². The van der Waals surface area contributed by atoms with Gasteiger partial charge in [0.1, 0.15) is 17.9 Å². The fourth-order valence-corrected chi connectivity index (χ4v) is 4.35. The maximum atomic E-state index is 12.9. The summed E-state index contributed by atoms with van der Waals surface area (Å²) in [5.74, 6) is 0. The molecule has 2 heterocycles. The van der Waals surface area contributed by atoms with Crippen molar-refractivity contribution in [1.29, 1.82) is 0 Å². The summed E-state index contributed by atoms with van der Waals surface area (Å²) >= 11 is 1.49. The highest BCUT2D eigenvalue weighted by molar-refractivity contribution is 7.12. The predicted octanol–water partition coefficient (Wildman–Crippen LogP) is 5.90. The third kappa shape index (κ3) is 11.8. The van der Waals surface area contributed by atoms with Crippen molar-refractivity contribution in [3.05, 3.63) is 69.3 Å². The molecule has 0 atom stereocenters. The Kier molecular flexibility index (Phi) is 15.0. The number of rotatable bonds is 10. The standard InChI is InChI=1S/C25H31F3N2O2S.CH4O/c1-3-6-20-10-13-30(14-11-21(20)12-16-32-17-15-31)19-24-29-18-23(33-24)9-5-8-22(7-4-2)25(26,27)28;1-2/h4-9,12,15,18H,3,10-11,13-14,16-17,19H2,1-2H3;2H,1H3/b7-4-,9-5+,20-6-,21-12-,22-8+;. The first-order chi connectivity index (χ1) is 16.9. The van der Waals surface area contributed by atoms with Gasteiger partial charge in [-0.15, -0.1) is 11.3 Å². The number of allylic oxidation sites excluding steroid dienone is 6. The minimum Gasteiger partial charge on any atom is -0.400 e. The van der Waals surface area contributed by atoms with Gasteiger partial charge in [-0.05, 0) is 49.5 Å². The average molecular weight is 513 g/mol. The Bertz CT molecular complexity index is 915. The number of carbonyl (C=O) groups excluding carboxylic acids is 1. The van der Waals surface area contributed by atoms with Crippen LogP contribution in [0.15, 0.2) is 59.4 Å². The highest BCUT2D eigenvalue weighted by atomic mass is 32.1. The zero-order valence-electron chi connectivity index (χ0n) is 20.6. The fraction of sp³-hybridized carbons (Fsp3) is 0.462. The molecule has 0 amide bonds. The first kappa shape index (κ1) is 30.7. The quantitative estimate of drug-likeness (QED) is 0.240. The van der Waals surface area contributed by atoms with Gasteiger partial charge in [0.15, 0.2) is 0 Å². The topological polar surface area (TPSA) is 62.7 Å². The number of ether oxygens (including phenoxy) is 1. The van der Waals surface area contributed by atoms with Gasteiger partial charge < -0.3 is 14.6 Å². The molecule has 0 aliphatic carbocycles. The summed E-state index contributed by atoms with van der Waals surface area (Å²) < 4.78 is 44.1. The Labute approximate surface area is 210 Å². The van der Waals surface area contributed by atoms with Crippen molar-refractivity contribution in [2.24, 2.45) is 0 Å². The van der Waals surface area contributed by atoms with E-state index in [2.05, 4.69) is 29.0 Å². The van der Waals surface area contributed by atoms with Gasteiger partial charge >= 0.3 is 6.18 Å². The van der Waals surface area contributed by atoms with Crippen LogP contribution in [0.2, 0.25) is 0 Å². The number of aliphatic hydroxyl groups excluding tert-OH is 1. The summed E-state index contributed by atoms with van der Waals surface area (Å²) in [7, 11) is 1.00. The van der Waals surface area contributed by atoms with Crippen LogP contribution in [0, 0.1) is 0 Å². The number of hydrogen-bond acceptors (Lipinski definition) is 6. The van der Waals surface area contributed by atoms with Crippen LogP contribution in [0.1, 0.15) is 43.0 Å². The van der Waals surface area contributed by atoms with Crippen molar-refractivity contribution in [2.75, 3.05) is 33.4 Å². The molecule has 1 aliphatic heterocycles. The van der Waals surface area contributed by atoms with Gasteiger partial charge in [0, 0.05) is 31.3 Å². The Morgan fingerprint density at radius 2 is 1.89 bits per heavy atom. The molecule has 0 aromatic carbocycles. The highest BCUT2D eigenvalue weighted by Crippen LogP contribution is 2.27. The molecule has 5 nitrogen and oxygen atoms in total. The second-order valence-electron chi connectivity index (χ2n) is 7.48. The number of likely N-dealkylation sites (tertiary alicyclic amines) is 1. The molecule has 1 aromatic rings. The molecule has 1 aliphatic rings. The average Bonchev–Trinajstić information content (AvgIpc) is 3.19. The zero-order chi connectivity index (χ0) is 26.1. The van der Waals surface area contributed by atoms with E-state index in [9.17, 15) is 18.0 Å². The minimum absolute atomic E-state index is 0.103. The van der Waals surface area contributed by atoms with Crippen molar-refractivity contribution in [3.63, 3.8) is 0 Å². The van der Waals surface area contributed by atoms with E-state index >= 15 is 0 Å². The number of alkyl halides is 3. The van der Waals surface area contributed by atoms with Crippen molar-refractivity contribution < 1.29 is 27.8 Å². The number of hydrogen-bond donors (Lipinski definition) is 1. The molecule has 9 heteroatoms. The molecular formula is C26H35F3N2O3S. The van der Waals surface area contributed by atoms with Crippen LogP contribution in [0.25, 0.3) is 6.08 Å². The normalized spacial score (nSPS) is 18.3. The Morgan fingerprint density at radius 3 is 2.49 bits per heavy atom. The summed E-state index contributed by atoms with van der Waals surface area (Å²) in [6, 6.07) is 0. The number of aromatic nitrogens is 1. The third-order valence-electron chi connectivity index (χ3n) is 5.03. The number of carbonyl (C=O) groups is 1. The van der Waals surface area contributed by atoms with Crippen LogP contribution in [0.5, 0.6) is 0 Å². The number of thiazole rings is 1. The van der Waals surface area contributed by atoms with E-state index in [4.69, 9.17) is 9.84 Å². The summed E-state index contributed by atoms with van der Waals surface area (Å²) in [6.45, 7) is 6.70. The molecule has 0 bridgehead atoms. The summed E-state index contributed by atoms with van der Waals surface area (Å²) in [4.78, 5) is 18.0. The lowest BCUT2D eigenvalue weighted by molar-refractivity contribution is -0.111.